The van der Waals surface area contributed by atoms with E-state index < -0.39 is 0 Å². The van der Waals surface area contributed by atoms with E-state index in [0.717, 1.165) is 38.0 Å². The van der Waals surface area contributed by atoms with Crippen molar-refractivity contribution in [3.63, 3.8) is 0 Å². The Kier molecular flexibility index (Phi) is 6.06. The zero-order valence-corrected chi connectivity index (χ0v) is 12.5. The molecule has 1 aliphatic rings. The summed E-state index contributed by atoms with van der Waals surface area (Å²) in [5.41, 5.74) is 3.64. The molecule has 0 atom stereocenters. The zero-order valence-electron chi connectivity index (χ0n) is 12.5. The summed E-state index contributed by atoms with van der Waals surface area (Å²) >= 11 is 0. The Morgan fingerprint density at radius 1 is 1.25 bits per heavy atom. The van der Waals surface area contributed by atoms with E-state index in [1.165, 1.54) is 30.4 Å². The highest BCUT2D eigenvalue weighted by atomic mass is 16.1. The lowest BCUT2D eigenvalue weighted by molar-refractivity contribution is -0.116. The van der Waals surface area contributed by atoms with Crippen LogP contribution in [-0.2, 0) is 17.8 Å². The molecule has 0 spiro atoms. The van der Waals surface area contributed by atoms with E-state index >= 15 is 0 Å². The molecule has 1 aliphatic heterocycles. The molecule has 0 aromatic heterocycles. The summed E-state index contributed by atoms with van der Waals surface area (Å²) in [5.74, 6) is 0.161. The molecule has 1 aromatic rings. The maximum absolute atomic E-state index is 12.0. The molecule has 1 aromatic carbocycles. The number of rotatable bonds is 7. The summed E-state index contributed by atoms with van der Waals surface area (Å²) in [6, 6.07) is 6.20. The molecule has 0 saturated carbocycles. The number of carbonyl (C=O) groups excluding carboxylic acids is 1. The van der Waals surface area contributed by atoms with Crippen LogP contribution in [0.4, 0.5) is 5.69 Å². The first kappa shape index (κ1) is 15.0. The van der Waals surface area contributed by atoms with Crippen LogP contribution in [0.5, 0.6) is 0 Å². The van der Waals surface area contributed by atoms with Gasteiger partial charge in [-0.25, -0.2) is 0 Å². The number of anilines is 1. The number of fused-ring (bicyclic) bond motifs is 1. The summed E-state index contributed by atoms with van der Waals surface area (Å²) in [6.07, 6.45) is 7.59. The van der Waals surface area contributed by atoms with Crippen LogP contribution in [0.25, 0.3) is 0 Å². The van der Waals surface area contributed by atoms with Crippen LogP contribution in [0.15, 0.2) is 18.2 Å². The molecular formula is C17H26N2O. The molecule has 3 nitrogen and oxygen atoms in total. The van der Waals surface area contributed by atoms with Gasteiger partial charge in [0.1, 0.15) is 0 Å². The first-order valence-electron chi connectivity index (χ1n) is 7.92. The summed E-state index contributed by atoms with van der Waals surface area (Å²) in [5, 5.41) is 6.46. The topological polar surface area (TPSA) is 41.1 Å². The fourth-order valence-corrected chi connectivity index (χ4v) is 2.75. The molecule has 0 radical (unpaired) electrons. The first-order valence-corrected chi connectivity index (χ1v) is 7.92. The predicted molar refractivity (Wildman–Crippen MR) is 83.9 cm³/mol. The Hall–Kier alpha value is -1.35. The fourth-order valence-electron chi connectivity index (χ4n) is 2.75. The molecule has 1 heterocycles. The minimum absolute atomic E-state index is 0.161. The summed E-state index contributed by atoms with van der Waals surface area (Å²) in [4.78, 5) is 12.0. The van der Waals surface area contributed by atoms with Crippen molar-refractivity contribution in [2.45, 2.75) is 58.4 Å². The summed E-state index contributed by atoms with van der Waals surface area (Å²) in [6.45, 7) is 4.12. The first-order chi connectivity index (χ1) is 9.81. The van der Waals surface area contributed by atoms with Crippen LogP contribution in [0.1, 0.15) is 56.6 Å². The van der Waals surface area contributed by atoms with Crippen LogP contribution in [-0.4, -0.2) is 12.5 Å². The van der Waals surface area contributed by atoms with E-state index in [0.29, 0.717) is 6.42 Å². The van der Waals surface area contributed by atoms with Crippen molar-refractivity contribution in [1.82, 2.24) is 5.32 Å². The normalized spacial score (nSPS) is 13.8. The maximum Gasteiger partial charge on any atom is 0.224 e. The van der Waals surface area contributed by atoms with Crippen molar-refractivity contribution in [2.75, 3.05) is 11.9 Å². The van der Waals surface area contributed by atoms with Gasteiger partial charge in [0, 0.05) is 18.7 Å². The quantitative estimate of drug-likeness (QED) is 0.745. The van der Waals surface area contributed by atoms with E-state index in [2.05, 4.69) is 23.6 Å². The fraction of sp³-hybridized carbons (Fsp3) is 0.588. The second-order valence-corrected chi connectivity index (χ2v) is 5.58. The Bertz CT molecular complexity index is 443. The molecule has 20 heavy (non-hydrogen) atoms. The van der Waals surface area contributed by atoms with Gasteiger partial charge in [0.25, 0.3) is 0 Å². The van der Waals surface area contributed by atoms with E-state index in [4.69, 9.17) is 0 Å². The standard InChI is InChI=1S/C17H26N2O/c1-2-3-4-5-6-10-17(20)19-16-9-7-8-14-13-18-12-11-15(14)16/h7-9,18H,2-6,10-13H2,1H3,(H,19,20). The number of nitrogens with one attached hydrogen (secondary N) is 2. The number of unbranched alkanes of at least 4 members (excludes halogenated alkanes) is 4. The molecule has 2 rings (SSSR count). The highest BCUT2D eigenvalue weighted by Crippen LogP contribution is 2.23. The lowest BCUT2D eigenvalue weighted by Crippen LogP contribution is -2.25. The maximum atomic E-state index is 12.0. The average molecular weight is 274 g/mol. The largest absolute Gasteiger partial charge is 0.326 e. The lowest BCUT2D eigenvalue weighted by Gasteiger charge is -2.20. The van der Waals surface area contributed by atoms with Crippen molar-refractivity contribution in [3.8, 4) is 0 Å². The monoisotopic (exact) mass is 274 g/mol. The molecule has 0 fully saturated rings. The van der Waals surface area contributed by atoms with Crippen molar-refractivity contribution < 1.29 is 4.79 Å². The average Bonchev–Trinajstić information content (AvgIpc) is 2.47. The van der Waals surface area contributed by atoms with Gasteiger partial charge in [0.15, 0.2) is 0 Å². The molecule has 1 amide bonds. The van der Waals surface area contributed by atoms with Crippen LogP contribution >= 0.6 is 0 Å². The Labute approximate surface area is 122 Å². The summed E-state index contributed by atoms with van der Waals surface area (Å²) in [7, 11) is 0. The van der Waals surface area contributed by atoms with Crippen molar-refractivity contribution in [3.05, 3.63) is 29.3 Å². The third-order valence-electron chi connectivity index (χ3n) is 3.92. The van der Waals surface area contributed by atoms with Gasteiger partial charge in [-0.15, -0.1) is 0 Å². The second-order valence-electron chi connectivity index (χ2n) is 5.58. The van der Waals surface area contributed by atoms with Gasteiger partial charge in [-0.2, -0.15) is 0 Å². The molecule has 0 bridgehead atoms. The smallest absolute Gasteiger partial charge is 0.224 e. The van der Waals surface area contributed by atoms with Crippen LogP contribution in [0.3, 0.4) is 0 Å². The van der Waals surface area contributed by atoms with Crippen molar-refractivity contribution >= 4 is 11.6 Å². The van der Waals surface area contributed by atoms with Gasteiger partial charge >= 0.3 is 0 Å². The highest BCUT2D eigenvalue weighted by molar-refractivity contribution is 5.91. The predicted octanol–water partition coefficient (Wildman–Crippen LogP) is 3.63. The highest BCUT2D eigenvalue weighted by Gasteiger charge is 2.13. The minimum atomic E-state index is 0.161. The molecule has 0 saturated heterocycles. The molecule has 0 unspecified atom stereocenters. The number of benzene rings is 1. The molecule has 3 heteroatoms. The van der Waals surface area contributed by atoms with Crippen molar-refractivity contribution in [1.29, 1.82) is 0 Å². The van der Waals surface area contributed by atoms with E-state index in [1.807, 2.05) is 12.1 Å². The van der Waals surface area contributed by atoms with Crippen molar-refractivity contribution in [2.24, 2.45) is 0 Å². The molecule has 0 aliphatic carbocycles. The third-order valence-corrected chi connectivity index (χ3v) is 3.92. The molecule has 110 valence electrons. The number of hydrogen-bond acceptors (Lipinski definition) is 2. The van der Waals surface area contributed by atoms with E-state index in [-0.39, 0.29) is 5.91 Å². The molecular weight excluding hydrogens is 248 g/mol. The lowest BCUT2D eigenvalue weighted by atomic mass is 9.99. The number of amides is 1. The van der Waals surface area contributed by atoms with Crippen LogP contribution in [0, 0.1) is 0 Å². The van der Waals surface area contributed by atoms with Gasteiger partial charge in [0.2, 0.25) is 5.91 Å². The molecule has 2 N–H and O–H groups in total. The van der Waals surface area contributed by atoms with Gasteiger partial charge < -0.3 is 10.6 Å². The summed E-state index contributed by atoms with van der Waals surface area (Å²) < 4.78 is 0. The van der Waals surface area contributed by atoms with Gasteiger partial charge in [-0.3, -0.25) is 4.79 Å². The van der Waals surface area contributed by atoms with Gasteiger partial charge in [-0.05, 0) is 36.6 Å². The Balaban J connectivity index is 1.82. The zero-order chi connectivity index (χ0) is 14.2. The van der Waals surface area contributed by atoms with E-state index in [1.54, 1.807) is 0 Å². The van der Waals surface area contributed by atoms with Crippen LogP contribution < -0.4 is 10.6 Å². The van der Waals surface area contributed by atoms with E-state index in [9.17, 15) is 4.79 Å². The Morgan fingerprint density at radius 2 is 2.10 bits per heavy atom. The van der Waals surface area contributed by atoms with Gasteiger partial charge in [-0.1, -0.05) is 44.7 Å². The number of carbonyl (C=O) groups is 1. The minimum Gasteiger partial charge on any atom is -0.326 e. The third kappa shape index (κ3) is 4.34. The SMILES string of the molecule is CCCCCCCC(=O)Nc1cccc2c1CCNC2. The Morgan fingerprint density at radius 3 is 2.95 bits per heavy atom. The van der Waals surface area contributed by atoms with Gasteiger partial charge in [0.05, 0.1) is 0 Å². The number of hydrogen-bond donors (Lipinski definition) is 2. The second kappa shape index (κ2) is 8.05. The van der Waals surface area contributed by atoms with Crippen LogP contribution in [0.2, 0.25) is 0 Å².